The van der Waals surface area contributed by atoms with Crippen molar-refractivity contribution in [2.75, 3.05) is 105 Å². The number of nitrogens with one attached hydrogen (secondary N) is 3. The molecule has 0 bridgehead atoms. The van der Waals surface area contributed by atoms with Gasteiger partial charge >= 0.3 is 0 Å². The first-order valence-electron chi connectivity index (χ1n) is 9.93. The normalized spacial score (nSPS) is 10.2. The average molecular weight is 396 g/mol. The van der Waals surface area contributed by atoms with Crippen LogP contribution >= 0.6 is 0 Å². The largest absolute Gasteiger partial charge is 0.329 e. The molecule has 11 nitrogen and oxygen atoms in total. The number of nitrogens with two attached hydrogens (primary N) is 7. The minimum Gasteiger partial charge on any atom is -0.329 e. The molecule has 0 heterocycles. The Kier molecular flexibility index (Phi) is 38.4. The highest BCUT2D eigenvalue weighted by atomic mass is 15.1. The minimum atomic E-state index is 0.681. The fourth-order valence-corrected chi connectivity index (χ4v) is 1.84. The van der Waals surface area contributed by atoms with Gasteiger partial charge in [-0.15, -0.1) is 0 Å². The smallest absolute Gasteiger partial charge is 0.0106 e. The summed E-state index contributed by atoms with van der Waals surface area (Å²) >= 11 is 0. The Bertz CT molecular complexity index is 196. The fraction of sp³-hybridized carbons (Fsp3) is 1.00. The molecule has 0 aliphatic heterocycles. The molecule has 0 aromatic rings. The van der Waals surface area contributed by atoms with Crippen LogP contribution < -0.4 is 56.1 Å². The van der Waals surface area contributed by atoms with Gasteiger partial charge in [0.05, 0.1) is 0 Å². The molecule has 0 radical (unpaired) electrons. The first-order chi connectivity index (χ1) is 13.2. The Hall–Kier alpha value is -0.440. The monoisotopic (exact) mass is 395 g/mol. The molecule has 0 aliphatic carbocycles. The zero-order valence-electron chi connectivity index (χ0n) is 17.3. The minimum absolute atomic E-state index is 0.681. The van der Waals surface area contributed by atoms with Gasteiger partial charge in [0.2, 0.25) is 0 Å². The van der Waals surface area contributed by atoms with E-state index in [0.29, 0.717) is 45.8 Å². The highest BCUT2D eigenvalue weighted by Crippen LogP contribution is 1.81. The van der Waals surface area contributed by atoms with Crippen LogP contribution in [0.4, 0.5) is 0 Å². The summed E-state index contributed by atoms with van der Waals surface area (Å²) in [6, 6.07) is 0. The van der Waals surface area contributed by atoms with Gasteiger partial charge in [-0.05, 0) is 0 Å². The van der Waals surface area contributed by atoms with Gasteiger partial charge in [0.1, 0.15) is 0 Å². The second-order valence-electron chi connectivity index (χ2n) is 5.61. The molecule has 0 rings (SSSR count). The van der Waals surface area contributed by atoms with Gasteiger partial charge < -0.3 is 56.1 Å². The lowest BCUT2D eigenvalue weighted by molar-refractivity contribution is 0.297. The van der Waals surface area contributed by atoms with E-state index in [1.54, 1.807) is 0 Å². The first-order valence-corrected chi connectivity index (χ1v) is 9.93. The zero-order chi connectivity index (χ0) is 21.0. The van der Waals surface area contributed by atoms with Gasteiger partial charge in [0, 0.05) is 105 Å². The van der Waals surface area contributed by atoms with Crippen molar-refractivity contribution in [2.24, 2.45) is 40.1 Å². The van der Waals surface area contributed by atoms with E-state index in [-0.39, 0.29) is 0 Å². The van der Waals surface area contributed by atoms with Crippen molar-refractivity contribution >= 4 is 0 Å². The van der Waals surface area contributed by atoms with Crippen LogP contribution in [0.25, 0.3) is 0 Å². The number of rotatable bonds is 17. The van der Waals surface area contributed by atoms with E-state index in [9.17, 15) is 0 Å². The van der Waals surface area contributed by atoms with Crippen molar-refractivity contribution < 1.29 is 0 Å². The van der Waals surface area contributed by atoms with Crippen LogP contribution in [0.3, 0.4) is 0 Å². The Balaban J connectivity index is -0.000000326. The van der Waals surface area contributed by atoms with E-state index < -0.39 is 0 Å². The lowest BCUT2D eigenvalue weighted by Crippen LogP contribution is -2.37. The van der Waals surface area contributed by atoms with Gasteiger partial charge in [0.25, 0.3) is 0 Å². The van der Waals surface area contributed by atoms with E-state index in [1.807, 2.05) is 0 Å². The van der Waals surface area contributed by atoms with E-state index in [0.717, 1.165) is 58.9 Å². The molecule has 0 aromatic carbocycles. The van der Waals surface area contributed by atoms with Crippen LogP contribution in [0.5, 0.6) is 0 Å². The van der Waals surface area contributed by atoms with Crippen molar-refractivity contribution in [3.8, 4) is 0 Å². The number of hydrogen-bond acceptors (Lipinski definition) is 11. The quantitative estimate of drug-likeness (QED) is 0.105. The second kappa shape index (κ2) is 33.2. The summed E-state index contributed by atoms with van der Waals surface area (Å²) in [5.74, 6) is 0. The zero-order valence-corrected chi connectivity index (χ0v) is 17.3. The molecule has 0 aliphatic rings. The Morgan fingerprint density at radius 1 is 0.370 bits per heavy atom. The Morgan fingerprint density at radius 2 is 0.630 bits per heavy atom. The third-order valence-electron chi connectivity index (χ3n) is 3.10. The SMILES string of the molecule is NCCN(CCN)CCN.NCCNCCN.NCCNCCNCCN. The Labute approximate surface area is 166 Å². The van der Waals surface area contributed by atoms with E-state index >= 15 is 0 Å². The molecule has 0 amide bonds. The molecule has 0 saturated heterocycles. The number of hydrogen-bond donors (Lipinski definition) is 10. The number of nitrogens with zero attached hydrogens (tertiary/aromatic N) is 1. The molecule has 27 heavy (non-hydrogen) atoms. The molecular formula is C16H49N11. The molecule has 0 saturated carbocycles. The van der Waals surface area contributed by atoms with Gasteiger partial charge in [-0.3, -0.25) is 4.90 Å². The van der Waals surface area contributed by atoms with Crippen molar-refractivity contribution in [3.63, 3.8) is 0 Å². The van der Waals surface area contributed by atoms with Gasteiger partial charge in [-0.1, -0.05) is 0 Å². The van der Waals surface area contributed by atoms with Crippen molar-refractivity contribution in [1.82, 2.24) is 20.9 Å². The molecule has 17 N–H and O–H groups in total. The van der Waals surface area contributed by atoms with Crippen LogP contribution in [0.1, 0.15) is 0 Å². The third-order valence-corrected chi connectivity index (χ3v) is 3.10. The van der Waals surface area contributed by atoms with Crippen LogP contribution in [0.15, 0.2) is 0 Å². The predicted molar refractivity (Wildman–Crippen MR) is 118 cm³/mol. The summed E-state index contributed by atoms with van der Waals surface area (Å²) in [5, 5.41) is 9.37. The lowest BCUT2D eigenvalue weighted by Gasteiger charge is -2.18. The van der Waals surface area contributed by atoms with Crippen LogP contribution in [0.2, 0.25) is 0 Å². The maximum Gasteiger partial charge on any atom is 0.0106 e. The fourth-order valence-electron chi connectivity index (χ4n) is 1.84. The van der Waals surface area contributed by atoms with Crippen molar-refractivity contribution in [1.29, 1.82) is 0 Å². The molecule has 0 aromatic heterocycles. The highest BCUT2D eigenvalue weighted by molar-refractivity contribution is 4.58. The second-order valence-corrected chi connectivity index (χ2v) is 5.61. The van der Waals surface area contributed by atoms with Gasteiger partial charge in [0.15, 0.2) is 0 Å². The highest BCUT2D eigenvalue weighted by Gasteiger charge is 1.98. The molecule has 0 fully saturated rings. The first kappa shape index (κ1) is 31.3. The summed E-state index contributed by atoms with van der Waals surface area (Å²) < 4.78 is 0. The molecule has 168 valence electrons. The molecule has 0 unspecified atom stereocenters. The van der Waals surface area contributed by atoms with Gasteiger partial charge in [-0.25, -0.2) is 0 Å². The topological polar surface area (TPSA) is 221 Å². The van der Waals surface area contributed by atoms with Crippen LogP contribution in [-0.4, -0.2) is 110 Å². The van der Waals surface area contributed by atoms with Gasteiger partial charge in [-0.2, -0.15) is 0 Å². The maximum absolute atomic E-state index is 5.37. The van der Waals surface area contributed by atoms with Crippen molar-refractivity contribution in [3.05, 3.63) is 0 Å². The summed E-state index contributed by atoms with van der Waals surface area (Å²) in [7, 11) is 0. The molecule has 0 atom stereocenters. The molecule has 0 spiro atoms. The third kappa shape index (κ3) is 37.1. The lowest BCUT2D eigenvalue weighted by atomic mass is 10.4. The van der Waals surface area contributed by atoms with Crippen LogP contribution in [-0.2, 0) is 0 Å². The Morgan fingerprint density at radius 3 is 0.852 bits per heavy atom. The van der Waals surface area contributed by atoms with Crippen molar-refractivity contribution in [2.45, 2.75) is 0 Å². The van der Waals surface area contributed by atoms with Crippen LogP contribution in [0, 0.1) is 0 Å². The van der Waals surface area contributed by atoms with E-state index in [4.69, 9.17) is 40.1 Å². The van der Waals surface area contributed by atoms with E-state index in [1.165, 1.54) is 0 Å². The average Bonchev–Trinajstić information content (AvgIpc) is 2.67. The molecular weight excluding hydrogens is 346 g/mol. The standard InChI is InChI=1S/2C6H18N4.C4H13N3/c7-1-4-10(5-2-8)6-3-9;7-1-3-9-5-6-10-4-2-8;5-1-3-7-4-2-6/h1-9H2;9-10H,1-8H2;7H,1-6H2. The summed E-state index contributed by atoms with van der Waals surface area (Å²) in [5.41, 5.74) is 37.0. The summed E-state index contributed by atoms with van der Waals surface area (Å²) in [6.45, 7) is 13.0. The van der Waals surface area contributed by atoms with E-state index in [2.05, 4.69) is 20.9 Å². The summed E-state index contributed by atoms with van der Waals surface area (Å²) in [4.78, 5) is 2.17. The summed E-state index contributed by atoms with van der Waals surface area (Å²) in [6.07, 6.45) is 0. The predicted octanol–water partition coefficient (Wildman–Crippen LogP) is -5.26. The maximum atomic E-state index is 5.37. The molecule has 11 heteroatoms.